The molecule has 4 nitrogen and oxygen atoms in total. The zero-order valence-corrected chi connectivity index (χ0v) is 12.7. The van der Waals surface area contributed by atoms with Crippen molar-refractivity contribution < 1.29 is 5.11 Å². The Hall–Kier alpha value is -0.420. The summed E-state index contributed by atoms with van der Waals surface area (Å²) in [6.07, 6.45) is 5.60. The van der Waals surface area contributed by atoms with Crippen LogP contribution in [0.25, 0.3) is 0 Å². The molecule has 3 unspecified atom stereocenters. The summed E-state index contributed by atoms with van der Waals surface area (Å²) in [6, 6.07) is 0.546. The van der Waals surface area contributed by atoms with Gasteiger partial charge in [-0.1, -0.05) is 6.42 Å². The minimum Gasteiger partial charge on any atom is -0.393 e. The van der Waals surface area contributed by atoms with Crippen molar-refractivity contribution in [1.82, 2.24) is 10.6 Å². The smallest absolute Gasteiger partial charge is 0.191 e. The highest BCUT2D eigenvalue weighted by Crippen LogP contribution is 2.25. The predicted octanol–water partition coefficient (Wildman–Crippen LogP) is 1.60. The predicted molar refractivity (Wildman–Crippen MR) is 82.8 cm³/mol. The van der Waals surface area contributed by atoms with Gasteiger partial charge in [-0.15, -0.1) is 0 Å². The Labute approximate surface area is 120 Å². The molecular weight excluding hydrogens is 258 g/mol. The number of aliphatic hydroxyl groups is 1. The van der Waals surface area contributed by atoms with Crippen molar-refractivity contribution in [3.8, 4) is 0 Å². The highest BCUT2D eigenvalue weighted by Gasteiger charge is 2.25. The summed E-state index contributed by atoms with van der Waals surface area (Å²) in [7, 11) is 0. The Morgan fingerprint density at radius 2 is 2.21 bits per heavy atom. The maximum atomic E-state index is 9.84. The van der Waals surface area contributed by atoms with Gasteiger partial charge in [-0.3, -0.25) is 4.99 Å². The molecule has 1 aliphatic heterocycles. The summed E-state index contributed by atoms with van der Waals surface area (Å²) in [6.45, 7) is 3.73. The molecule has 0 bridgehead atoms. The molecular formula is C14H27N3OS. The molecule has 3 atom stereocenters. The number of guanidine groups is 1. The van der Waals surface area contributed by atoms with Crippen LogP contribution in [0.4, 0.5) is 0 Å². The lowest BCUT2D eigenvalue weighted by Crippen LogP contribution is -2.45. The number of aliphatic hydroxyl groups excluding tert-OH is 1. The summed E-state index contributed by atoms with van der Waals surface area (Å²) in [4.78, 5) is 4.67. The molecule has 2 aliphatic rings. The van der Waals surface area contributed by atoms with E-state index in [1.807, 2.05) is 11.8 Å². The van der Waals surface area contributed by atoms with Gasteiger partial charge in [0.05, 0.1) is 6.10 Å². The van der Waals surface area contributed by atoms with Gasteiger partial charge >= 0.3 is 0 Å². The molecule has 19 heavy (non-hydrogen) atoms. The Balaban J connectivity index is 1.82. The van der Waals surface area contributed by atoms with Crippen LogP contribution in [-0.2, 0) is 0 Å². The molecule has 0 radical (unpaired) electrons. The highest BCUT2D eigenvalue weighted by molar-refractivity contribution is 7.99. The zero-order valence-electron chi connectivity index (χ0n) is 11.9. The molecule has 1 heterocycles. The normalized spacial score (nSPS) is 32.3. The Morgan fingerprint density at radius 1 is 1.32 bits per heavy atom. The third-order valence-corrected chi connectivity index (χ3v) is 5.16. The quantitative estimate of drug-likeness (QED) is 0.542. The molecule has 0 aromatic rings. The zero-order chi connectivity index (χ0) is 13.5. The first-order chi connectivity index (χ1) is 9.29. The van der Waals surface area contributed by atoms with Crippen molar-refractivity contribution in [3.05, 3.63) is 0 Å². The van der Waals surface area contributed by atoms with Gasteiger partial charge in [-0.25, -0.2) is 0 Å². The van der Waals surface area contributed by atoms with E-state index < -0.39 is 0 Å². The second kappa shape index (κ2) is 8.00. The van der Waals surface area contributed by atoms with Crippen LogP contribution in [0, 0.1) is 5.92 Å². The summed E-state index contributed by atoms with van der Waals surface area (Å²) in [5, 5.41) is 16.7. The van der Waals surface area contributed by atoms with Gasteiger partial charge < -0.3 is 15.7 Å². The molecule has 1 saturated carbocycles. The van der Waals surface area contributed by atoms with Crippen LogP contribution in [0.3, 0.4) is 0 Å². The third-order valence-electron chi connectivity index (χ3n) is 3.95. The summed E-state index contributed by atoms with van der Waals surface area (Å²) < 4.78 is 0. The van der Waals surface area contributed by atoms with E-state index in [9.17, 15) is 5.11 Å². The van der Waals surface area contributed by atoms with Crippen LogP contribution in [0.5, 0.6) is 0 Å². The SMILES string of the molecule is CCNC(=NCC1CCCC1O)NC1CCCSC1. The van der Waals surface area contributed by atoms with E-state index in [4.69, 9.17) is 0 Å². The van der Waals surface area contributed by atoms with E-state index in [0.29, 0.717) is 12.0 Å². The minimum atomic E-state index is -0.142. The van der Waals surface area contributed by atoms with Crippen molar-refractivity contribution in [3.63, 3.8) is 0 Å². The topological polar surface area (TPSA) is 56.7 Å². The lowest BCUT2D eigenvalue weighted by atomic mass is 10.1. The Morgan fingerprint density at radius 3 is 2.84 bits per heavy atom. The molecule has 2 fully saturated rings. The minimum absolute atomic E-state index is 0.142. The first-order valence-electron chi connectivity index (χ1n) is 7.60. The fourth-order valence-electron chi connectivity index (χ4n) is 2.81. The van der Waals surface area contributed by atoms with Gasteiger partial charge in [0, 0.05) is 30.8 Å². The van der Waals surface area contributed by atoms with Gasteiger partial charge in [0.15, 0.2) is 5.96 Å². The maximum Gasteiger partial charge on any atom is 0.191 e. The number of rotatable bonds is 4. The number of nitrogens with one attached hydrogen (secondary N) is 2. The molecule has 1 saturated heterocycles. The number of hydrogen-bond donors (Lipinski definition) is 3. The molecule has 3 N–H and O–H groups in total. The first kappa shape index (κ1) is 15.0. The Bertz CT molecular complexity index is 292. The third kappa shape index (κ3) is 4.88. The van der Waals surface area contributed by atoms with E-state index in [1.165, 1.54) is 24.3 Å². The summed E-state index contributed by atoms with van der Waals surface area (Å²) in [5.74, 6) is 3.75. The highest BCUT2D eigenvalue weighted by atomic mass is 32.2. The van der Waals surface area contributed by atoms with Crippen molar-refractivity contribution in [2.24, 2.45) is 10.9 Å². The van der Waals surface area contributed by atoms with Crippen molar-refractivity contribution in [2.45, 2.75) is 51.2 Å². The van der Waals surface area contributed by atoms with Crippen molar-refractivity contribution >= 4 is 17.7 Å². The van der Waals surface area contributed by atoms with Gasteiger partial charge in [-0.2, -0.15) is 11.8 Å². The van der Waals surface area contributed by atoms with Gasteiger partial charge in [0.2, 0.25) is 0 Å². The molecule has 0 aromatic heterocycles. The van der Waals surface area contributed by atoms with Crippen LogP contribution in [-0.4, -0.2) is 47.8 Å². The number of aliphatic imine (C=N–C) groups is 1. The van der Waals surface area contributed by atoms with Crippen molar-refractivity contribution in [1.29, 1.82) is 0 Å². The maximum absolute atomic E-state index is 9.84. The molecule has 0 amide bonds. The van der Waals surface area contributed by atoms with Crippen LogP contribution >= 0.6 is 11.8 Å². The molecule has 0 aromatic carbocycles. The standard InChI is InChI=1S/C14H27N3OS/c1-2-15-14(17-12-6-4-8-19-10-12)16-9-11-5-3-7-13(11)18/h11-13,18H,2-10H2,1H3,(H2,15,16,17). The molecule has 2 rings (SSSR count). The fourth-order valence-corrected chi connectivity index (χ4v) is 3.88. The van der Waals surface area contributed by atoms with E-state index in [1.54, 1.807) is 0 Å². The fraction of sp³-hybridized carbons (Fsp3) is 0.929. The van der Waals surface area contributed by atoms with E-state index in [-0.39, 0.29) is 6.10 Å². The van der Waals surface area contributed by atoms with E-state index in [2.05, 4.69) is 22.5 Å². The van der Waals surface area contributed by atoms with E-state index >= 15 is 0 Å². The van der Waals surface area contributed by atoms with Crippen LogP contribution in [0.1, 0.15) is 39.0 Å². The molecule has 5 heteroatoms. The molecule has 1 aliphatic carbocycles. The second-order valence-electron chi connectivity index (χ2n) is 5.54. The second-order valence-corrected chi connectivity index (χ2v) is 6.69. The van der Waals surface area contributed by atoms with Gasteiger partial charge in [-0.05, 0) is 38.4 Å². The number of nitrogens with zero attached hydrogens (tertiary/aromatic N) is 1. The molecule has 110 valence electrons. The summed E-state index contributed by atoms with van der Waals surface area (Å²) >= 11 is 2.02. The average molecular weight is 285 g/mol. The van der Waals surface area contributed by atoms with Crippen LogP contribution in [0.15, 0.2) is 4.99 Å². The van der Waals surface area contributed by atoms with E-state index in [0.717, 1.165) is 38.3 Å². The number of thioether (sulfide) groups is 1. The van der Waals surface area contributed by atoms with Crippen LogP contribution in [0.2, 0.25) is 0 Å². The first-order valence-corrected chi connectivity index (χ1v) is 8.75. The van der Waals surface area contributed by atoms with Gasteiger partial charge in [0.25, 0.3) is 0 Å². The monoisotopic (exact) mass is 285 g/mol. The van der Waals surface area contributed by atoms with Crippen LogP contribution < -0.4 is 10.6 Å². The summed E-state index contributed by atoms with van der Waals surface area (Å²) in [5.41, 5.74) is 0. The lowest BCUT2D eigenvalue weighted by Gasteiger charge is -2.25. The Kier molecular flexibility index (Phi) is 6.31. The largest absolute Gasteiger partial charge is 0.393 e. The number of hydrogen-bond acceptors (Lipinski definition) is 3. The lowest BCUT2D eigenvalue weighted by molar-refractivity contribution is 0.136. The average Bonchev–Trinajstić information content (AvgIpc) is 2.83. The molecule has 0 spiro atoms. The van der Waals surface area contributed by atoms with Crippen molar-refractivity contribution in [2.75, 3.05) is 24.6 Å². The van der Waals surface area contributed by atoms with Gasteiger partial charge in [0.1, 0.15) is 0 Å².